The normalized spacial score (nSPS) is 25.4. The highest BCUT2D eigenvalue weighted by Gasteiger charge is 2.27. The first-order valence-electron chi connectivity index (χ1n) is 12.2. The molecule has 0 aromatic carbocycles. The molecule has 0 bridgehead atoms. The van der Waals surface area contributed by atoms with E-state index in [1.165, 1.54) is 16.9 Å². The molecular weight excluding hydrogens is 456 g/mol. The molecule has 1 N–H and O–H groups in total. The van der Waals surface area contributed by atoms with Crippen LogP contribution in [0.2, 0.25) is 0 Å². The number of nitrogens with one attached hydrogen (secondary N) is 1. The third kappa shape index (κ3) is 4.86. The molecule has 11 heteroatoms. The number of anilines is 2. The number of aromatic nitrogens is 5. The summed E-state index contributed by atoms with van der Waals surface area (Å²) in [5.74, 6) is 0.793. The summed E-state index contributed by atoms with van der Waals surface area (Å²) in [6.45, 7) is 7.58. The third-order valence-electron chi connectivity index (χ3n) is 6.92. The van der Waals surface area contributed by atoms with Gasteiger partial charge in [-0.3, -0.25) is 9.48 Å². The van der Waals surface area contributed by atoms with Crippen LogP contribution in [-0.4, -0.2) is 55.6 Å². The summed E-state index contributed by atoms with van der Waals surface area (Å²) < 4.78 is 36.4. The van der Waals surface area contributed by atoms with Crippen LogP contribution >= 0.6 is 0 Å². The monoisotopic (exact) mass is 487 g/mol. The van der Waals surface area contributed by atoms with E-state index >= 15 is 0 Å². The third-order valence-corrected chi connectivity index (χ3v) is 6.92. The lowest BCUT2D eigenvalue weighted by Gasteiger charge is -2.36. The van der Waals surface area contributed by atoms with Crippen molar-refractivity contribution < 1.29 is 18.3 Å². The molecular formula is C24H31F2N7O2. The molecule has 5 rings (SSSR count). The van der Waals surface area contributed by atoms with Gasteiger partial charge < -0.3 is 15.0 Å². The van der Waals surface area contributed by atoms with Gasteiger partial charge in [-0.2, -0.15) is 10.2 Å². The van der Waals surface area contributed by atoms with Crippen molar-refractivity contribution in [2.24, 2.45) is 5.92 Å². The number of rotatable bonds is 5. The van der Waals surface area contributed by atoms with Gasteiger partial charge in [0.1, 0.15) is 11.4 Å². The van der Waals surface area contributed by atoms with E-state index in [0.717, 1.165) is 25.7 Å². The fourth-order valence-electron chi connectivity index (χ4n) is 5.11. The largest absolute Gasteiger partial charge is 0.372 e. The number of ether oxygens (including phenoxy) is 1. The summed E-state index contributed by atoms with van der Waals surface area (Å²) in [5, 5.41) is 11.0. The highest BCUT2D eigenvalue weighted by molar-refractivity contribution is 6.08. The Balaban J connectivity index is 1.39. The van der Waals surface area contributed by atoms with Crippen LogP contribution in [-0.2, 0) is 4.74 Å². The number of carbonyl (C=O) groups is 1. The van der Waals surface area contributed by atoms with Gasteiger partial charge in [-0.25, -0.2) is 18.3 Å². The first kappa shape index (κ1) is 23.7. The van der Waals surface area contributed by atoms with Crippen molar-refractivity contribution in [2.45, 2.75) is 71.1 Å². The molecule has 4 heterocycles. The Labute approximate surface area is 202 Å². The van der Waals surface area contributed by atoms with Crippen molar-refractivity contribution in [3.63, 3.8) is 0 Å². The maximum atomic E-state index is 13.8. The minimum Gasteiger partial charge on any atom is -0.372 e. The van der Waals surface area contributed by atoms with Crippen LogP contribution in [0.4, 0.5) is 20.3 Å². The lowest BCUT2D eigenvalue weighted by molar-refractivity contribution is -0.00545. The Morgan fingerprint density at radius 2 is 1.86 bits per heavy atom. The fraction of sp³-hybridized carbons (Fsp3) is 0.583. The fourth-order valence-corrected chi connectivity index (χ4v) is 5.11. The van der Waals surface area contributed by atoms with Gasteiger partial charge in [0.05, 0.1) is 30.1 Å². The molecule has 188 valence electrons. The van der Waals surface area contributed by atoms with Crippen LogP contribution in [0.1, 0.15) is 75.0 Å². The van der Waals surface area contributed by atoms with Gasteiger partial charge in [0.2, 0.25) is 0 Å². The van der Waals surface area contributed by atoms with Crippen LogP contribution in [0, 0.1) is 5.92 Å². The zero-order valence-electron chi connectivity index (χ0n) is 20.2. The molecule has 0 radical (unpaired) electrons. The van der Waals surface area contributed by atoms with Crippen molar-refractivity contribution in [1.82, 2.24) is 24.4 Å². The zero-order chi connectivity index (χ0) is 24.7. The summed E-state index contributed by atoms with van der Waals surface area (Å²) in [4.78, 5) is 19.9. The second-order valence-corrected chi connectivity index (χ2v) is 9.85. The van der Waals surface area contributed by atoms with E-state index in [-0.39, 0.29) is 29.5 Å². The van der Waals surface area contributed by atoms with Crippen LogP contribution in [0.3, 0.4) is 0 Å². The topological polar surface area (TPSA) is 89.6 Å². The molecule has 0 spiro atoms. The van der Waals surface area contributed by atoms with Crippen molar-refractivity contribution >= 4 is 23.1 Å². The molecule has 1 amide bonds. The number of amides is 1. The number of hydrogen-bond acceptors (Lipinski definition) is 6. The van der Waals surface area contributed by atoms with Gasteiger partial charge in [-0.1, -0.05) is 6.92 Å². The van der Waals surface area contributed by atoms with Gasteiger partial charge in [0.25, 0.3) is 12.3 Å². The Kier molecular flexibility index (Phi) is 6.43. The molecule has 2 aliphatic rings. The average Bonchev–Trinajstić information content (AvgIpc) is 3.43. The highest BCUT2D eigenvalue weighted by atomic mass is 19.3. The molecule has 2 fully saturated rings. The van der Waals surface area contributed by atoms with Crippen LogP contribution < -0.4 is 10.2 Å². The first-order valence-corrected chi connectivity index (χ1v) is 12.2. The minimum absolute atomic E-state index is 0.0231. The molecule has 1 saturated heterocycles. The van der Waals surface area contributed by atoms with Crippen molar-refractivity contribution in [1.29, 1.82) is 0 Å². The van der Waals surface area contributed by atoms with Gasteiger partial charge in [0, 0.05) is 25.5 Å². The second kappa shape index (κ2) is 9.52. The number of alkyl halides is 2. The van der Waals surface area contributed by atoms with E-state index in [2.05, 4.69) is 32.3 Å². The Hall–Kier alpha value is -3.08. The molecule has 2 atom stereocenters. The number of fused-ring (bicyclic) bond motifs is 1. The molecule has 3 aromatic heterocycles. The van der Waals surface area contributed by atoms with E-state index in [4.69, 9.17) is 4.74 Å². The van der Waals surface area contributed by atoms with Crippen molar-refractivity contribution in [3.8, 4) is 0 Å². The highest BCUT2D eigenvalue weighted by Crippen LogP contribution is 2.34. The number of nitrogens with zero attached hydrogens (tertiary/aromatic N) is 6. The molecule has 1 aliphatic heterocycles. The molecule has 9 nitrogen and oxygen atoms in total. The van der Waals surface area contributed by atoms with E-state index in [1.807, 2.05) is 19.9 Å². The summed E-state index contributed by atoms with van der Waals surface area (Å²) in [6, 6.07) is 1.91. The van der Waals surface area contributed by atoms with Gasteiger partial charge in [-0.05, 0) is 51.5 Å². The van der Waals surface area contributed by atoms with Crippen LogP contribution in [0.5, 0.6) is 0 Å². The average molecular weight is 488 g/mol. The maximum Gasteiger partial charge on any atom is 0.284 e. The first-order chi connectivity index (χ1) is 16.8. The zero-order valence-corrected chi connectivity index (χ0v) is 20.2. The Morgan fingerprint density at radius 1 is 1.14 bits per heavy atom. The molecule has 35 heavy (non-hydrogen) atoms. The Morgan fingerprint density at radius 3 is 2.54 bits per heavy atom. The number of morpholine rings is 1. The standard InChI is InChI=1S/C24H31F2N7O2/c1-14-4-6-17(7-5-14)33-13-19(21(30-33)22(25)26)28-24(34)18-10-27-32-9-8-20(29-23(18)32)31-11-15(2)35-16(3)12-31/h8-10,13-17,22H,4-7,11-12H2,1-3H3,(H,28,34)/t14?,15-,16-,17?/m1/s1. The van der Waals surface area contributed by atoms with Crippen LogP contribution in [0.25, 0.3) is 5.65 Å². The Bertz CT molecular complexity index is 1190. The summed E-state index contributed by atoms with van der Waals surface area (Å²) in [5.41, 5.74) is 0.174. The SMILES string of the molecule is CC1CCC(n2cc(NC(=O)c3cnn4ccc(N5C[C@@H](C)O[C@H](C)C5)nc34)c(C(F)F)n2)CC1. The van der Waals surface area contributed by atoms with Gasteiger partial charge in [0.15, 0.2) is 11.3 Å². The minimum atomic E-state index is -2.80. The van der Waals surface area contributed by atoms with Crippen molar-refractivity contribution in [2.75, 3.05) is 23.3 Å². The lowest BCUT2D eigenvalue weighted by atomic mass is 9.87. The summed E-state index contributed by atoms with van der Waals surface area (Å²) >= 11 is 0. The number of hydrogen-bond donors (Lipinski definition) is 1. The molecule has 1 aliphatic carbocycles. The smallest absolute Gasteiger partial charge is 0.284 e. The van der Waals surface area contributed by atoms with Crippen LogP contribution in [0.15, 0.2) is 24.7 Å². The van der Waals surface area contributed by atoms with E-state index in [9.17, 15) is 13.6 Å². The summed E-state index contributed by atoms with van der Waals surface area (Å²) in [7, 11) is 0. The van der Waals surface area contributed by atoms with Gasteiger partial charge in [-0.15, -0.1) is 0 Å². The van der Waals surface area contributed by atoms with E-state index in [1.54, 1.807) is 10.9 Å². The maximum absolute atomic E-state index is 13.8. The summed E-state index contributed by atoms with van der Waals surface area (Å²) in [6.07, 6.45) is 5.83. The number of halogens is 2. The van der Waals surface area contributed by atoms with E-state index in [0.29, 0.717) is 30.5 Å². The van der Waals surface area contributed by atoms with Crippen molar-refractivity contribution in [3.05, 3.63) is 35.9 Å². The number of carbonyl (C=O) groups excluding carboxylic acids is 1. The van der Waals surface area contributed by atoms with E-state index < -0.39 is 18.0 Å². The lowest BCUT2D eigenvalue weighted by Crippen LogP contribution is -2.45. The quantitative estimate of drug-likeness (QED) is 0.571. The predicted molar refractivity (Wildman–Crippen MR) is 127 cm³/mol. The second-order valence-electron chi connectivity index (χ2n) is 9.85. The predicted octanol–water partition coefficient (Wildman–Crippen LogP) is 4.48. The molecule has 1 saturated carbocycles. The molecule has 0 unspecified atom stereocenters. The molecule has 3 aromatic rings. The van der Waals surface area contributed by atoms with Gasteiger partial charge >= 0.3 is 0 Å².